The smallest absolute Gasteiger partial charge is 0.316 e. The summed E-state index contributed by atoms with van der Waals surface area (Å²) in [5.41, 5.74) is 5.12. The molecule has 49 heavy (non-hydrogen) atoms. The van der Waals surface area contributed by atoms with Crippen molar-refractivity contribution in [3.63, 3.8) is 0 Å². The van der Waals surface area contributed by atoms with E-state index in [-0.39, 0.29) is 30.1 Å². The van der Waals surface area contributed by atoms with Crippen molar-refractivity contribution in [3.8, 4) is 0 Å². The number of carbonyl (C=O) groups excluding carboxylic acids is 6. The summed E-state index contributed by atoms with van der Waals surface area (Å²) < 4.78 is 0. The van der Waals surface area contributed by atoms with Crippen molar-refractivity contribution in [2.75, 3.05) is 12.3 Å². The first-order valence-corrected chi connectivity index (χ1v) is 19.0. The highest BCUT2D eigenvalue weighted by Gasteiger charge is 2.48. The molecule has 0 aromatic heterocycles. The second kappa shape index (κ2) is 17.0. The maximum Gasteiger partial charge on any atom is 0.316 e. The van der Waals surface area contributed by atoms with Crippen LogP contribution in [-0.2, 0) is 19.2 Å². The summed E-state index contributed by atoms with van der Waals surface area (Å²) in [6, 6.07) is 5.63. The number of primary amides is 1. The summed E-state index contributed by atoms with van der Waals surface area (Å²) >= 11 is 1.21. The van der Waals surface area contributed by atoms with Gasteiger partial charge in [-0.25, -0.2) is 4.79 Å². The quantitative estimate of drug-likeness (QED) is 0.127. The summed E-state index contributed by atoms with van der Waals surface area (Å²) in [6.07, 6.45) is 8.45. The monoisotopic (exact) mass is 697 g/mol. The average Bonchev–Trinajstić information content (AvgIpc) is 3.50. The summed E-state index contributed by atoms with van der Waals surface area (Å²) in [7, 11) is 0. The number of urea groups is 1. The lowest BCUT2D eigenvalue weighted by atomic mass is 9.81. The van der Waals surface area contributed by atoms with E-state index in [2.05, 4.69) is 16.0 Å². The molecule has 3 fully saturated rings. The van der Waals surface area contributed by atoms with Gasteiger partial charge in [0.05, 0.1) is 6.04 Å². The highest BCUT2D eigenvalue weighted by atomic mass is 32.2. The minimum Gasteiger partial charge on any atom is -0.363 e. The fourth-order valence-corrected chi connectivity index (χ4v) is 8.56. The molecule has 5 atom stereocenters. The van der Waals surface area contributed by atoms with Gasteiger partial charge in [-0.1, -0.05) is 90.6 Å². The molecule has 2 saturated carbocycles. The molecule has 12 heteroatoms. The predicted molar refractivity (Wildman–Crippen MR) is 190 cm³/mol. The van der Waals surface area contributed by atoms with E-state index in [4.69, 9.17) is 5.73 Å². The highest BCUT2D eigenvalue weighted by Crippen LogP contribution is 2.35. The molecule has 1 unspecified atom stereocenters. The summed E-state index contributed by atoms with van der Waals surface area (Å²) in [6.45, 7) is 9.78. The van der Waals surface area contributed by atoms with Gasteiger partial charge in [0.25, 0.3) is 11.7 Å². The third-order valence-corrected chi connectivity index (χ3v) is 11.8. The molecule has 11 nitrogen and oxygen atoms in total. The summed E-state index contributed by atoms with van der Waals surface area (Å²) in [4.78, 5) is 82.0. The zero-order chi connectivity index (χ0) is 35.9. The first-order valence-electron chi connectivity index (χ1n) is 17.9. The lowest BCUT2D eigenvalue weighted by molar-refractivity contribution is -0.143. The lowest BCUT2D eigenvalue weighted by Gasteiger charge is -2.37. The van der Waals surface area contributed by atoms with Gasteiger partial charge in [0.2, 0.25) is 11.8 Å². The standard InChI is InChI=1S/C37H55N5O6S/c1-22(2)26-19-20-42(28(26)33(46)41-34(30(44)32(38)45)49-21-23-13-12-14-23)35(47)31(37(3,4)5)40-36(48)39-27(24-15-8-6-9-16-24)29(43)25-17-10-7-11-18-25/h7,10-11,17-18,22-24,26-28,31,34H,6,8-9,12-16,19-21H2,1-5H3,(H2,38,45)(H,41,46)(H2,39,40,48)/t26-,27+,28+,31-,34?/m1/s1. The van der Waals surface area contributed by atoms with Crippen LogP contribution in [0.5, 0.6) is 0 Å². The second-order valence-electron chi connectivity index (χ2n) is 15.4. The van der Waals surface area contributed by atoms with Crippen LogP contribution in [0.15, 0.2) is 30.3 Å². The Morgan fingerprint density at radius 1 is 0.878 bits per heavy atom. The summed E-state index contributed by atoms with van der Waals surface area (Å²) in [5.74, 6) is -2.26. The van der Waals surface area contributed by atoms with Gasteiger partial charge in [-0.05, 0) is 66.9 Å². The van der Waals surface area contributed by atoms with Gasteiger partial charge < -0.3 is 26.6 Å². The second-order valence-corrected chi connectivity index (χ2v) is 16.6. The molecule has 1 aromatic carbocycles. The Morgan fingerprint density at radius 2 is 1.53 bits per heavy atom. The topological polar surface area (TPSA) is 168 Å². The van der Waals surface area contributed by atoms with Crippen molar-refractivity contribution < 1.29 is 28.8 Å². The molecule has 3 aliphatic rings. The van der Waals surface area contributed by atoms with Gasteiger partial charge in [0.1, 0.15) is 17.5 Å². The van der Waals surface area contributed by atoms with Crippen LogP contribution in [0, 0.1) is 29.1 Å². The Kier molecular flexibility index (Phi) is 13.3. The Hall–Kier alpha value is -3.41. The Balaban J connectivity index is 1.54. The van der Waals surface area contributed by atoms with Gasteiger partial charge in [-0.2, -0.15) is 0 Å². The molecule has 4 rings (SSSR count). The fourth-order valence-electron chi connectivity index (χ4n) is 7.29. The number of likely N-dealkylation sites (tertiary alicyclic amines) is 1. The molecule has 0 bridgehead atoms. The molecule has 2 aliphatic carbocycles. The van der Waals surface area contributed by atoms with Gasteiger partial charge in [-0.3, -0.25) is 24.0 Å². The van der Waals surface area contributed by atoms with Crippen LogP contribution in [0.2, 0.25) is 0 Å². The molecule has 1 heterocycles. The number of thioether (sulfide) groups is 1. The zero-order valence-corrected chi connectivity index (χ0v) is 30.5. The van der Waals surface area contributed by atoms with Crippen LogP contribution in [0.3, 0.4) is 0 Å². The van der Waals surface area contributed by atoms with E-state index in [1.807, 2.05) is 40.7 Å². The van der Waals surface area contributed by atoms with E-state index < -0.39 is 58.5 Å². The fraction of sp³-hybridized carbons (Fsp3) is 0.676. The van der Waals surface area contributed by atoms with Crippen LogP contribution in [0.25, 0.3) is 0 Å². The van der Waals surface area contributed by atoms with E-state index in [0.29, 0.717) is 23.7 Å². The third-order valence-electron chi connectivity index (χ3n) is 10.5. The van der Waals surface area contributed by atoms with Crippen LogP contribution < -0.4 is 21.7 Å². The predicted octanol–water partition coefficient (Wildman–Crippen LogP) is 4.44. The van der Waals surface area contributed by atoms with Crippen LogP contribution >= 0.6 is 11.8 Å². The van der Waals surface area contributed by atoms with E-state index in [0.717, 1.165) is 51.4 Å². The number of hydrogen-bond donors (Lipinski definition) is 4. The number of rotatable bonds is 14. The summed E-state index contributed by atoms with van der Waals surface area (Å²) in [5, 5.41) is 7.45. The minimum absolute atomic E-state index is 0.0207. The number of carbonyl (C=O) groups is 6. The molecule has 5 amide bonds. The third kappa shape index (κ3) is 9.86. The zero-order valence-electron chi connectivity index (χ0n) is 29.7. The van der Waals surface area contributed by atoms with Crippen LogP contribution in [-0.4, -0.2) is 76.0 Å². The normalized spacial score (nSPS) is 22.0. The number of Topliss-reactive ketones (excluding diaryl/α,β-unsaturated/α-hetero) is 2. The number of amides is 5. The number of nitrogens with zero attached hydrogens (tertiary/aromatic N) is 1. The molecule has 1 aromatic rings. The van der Waals surface area contributed by atoms with Crippen molar-refractivity contribution in [3.05, 3.63) is 35.9 Å². The molecular formula is C37H55N5O6S. The molecule has 0 radical (unpaired) electrons. The molecular weight excluding hydrogens is 643 g/mol. The number of nitrogens with two attached hydrogens (primary N) is 1. The maximum absolute atomic E-state index is 14.4. The SMILES string of the molecule is CC(C)[C@H]1CCN(C(=O)[C@@H](NC(=O)N[C@H](C(=O)c2ccccc2)C2CCCCC2)C(C)(C)C)[C@@H]1C(=O)NC(SCC1CCC1)C(=O)C(N)=O. The lowest BCUT2D eigenvalue weighted by Crippen LogP contribution is -2.62. The number of hydrogen-bond acceptors (Lipinski definition) is 7. The molecule has 1 saturated heterocycles. The van der Waals surface area contributed by atoms with Crippen molar-refractivity contribution in [1.29, 1.82) is 0 Å². The van der Waals surface area contributed by atoms with E-state index in [1.165, 1.54) is 16.7 Å². The molecule has 1 aliphatic heterocycles. The number of nitrogens with one attached hydrogen (secondary N) is 3. The number of ketones is 2. The van der Waals surface area contributed by atoms with Gasteiger partial charge in [0.15, 0.2) is 5.78 Å². The largest absolute Gasteiger partial charge is 0.363 e. The van der Waals surface area contributed by atoms with E-state index in [1.54, 1.807) is 24.3 Å². The van der Waals surface area contributed by atoms with Crippen molar-refractivity contribution in [2.24, 2.45) is 34.8 Å². The average molecular weight is 698 g/mol. The Morgan fingerprint density at radius 3 is 2.08 bits per heavy atom. The van der Waals surface area contributed by atoms with Gasteiger partial charge >= 0.3 is 6.03 Å². The molecule has 270 valence electrons. The van der Waals surface area contributed by atoms with Gasteiger partial charge in [-0.15, -0.1) is 11.8 Å². The first kappa shape index (κ1) is 38.4. The number of benzene rings is 1. The first-order chi connectivity index (χ1) is 23.2. The van der Waals surface area contributed by atoms with E-state index in [9.17, 15) is 28.8 Å². The van der Waals surface area contributed by atoms with E-state index >= 15 is 0 Å². The van der Waals surface area contributed by atoms with Crippen LogP contribution in [0.4, 0.5) is 4.79 Å². The van der Waals surface area contributed by atoms with Crippen molar-refractivity contribution in [2.45, 2.75) is 116 Å². The Labute approximate surface area is 295 Å². The van der Waals surface area contributed by atoms with Gasteiger partial charge in [0, 0.05) is 12.1 Å². The van der Waals surface area contributed by atoms with Crippen molar-refractivity contribution >= 4 is 47.1 Å². The minimum atomic E-state index is -1.14. The maximum atomic E-state index is 14.4. The van der Waals surface area contributed by atoms with Crippen molar-refractivity contribution in [1.82, 2.24) is 20.9 Å². The highest BCUT2D eigenvalue weighted by molar-refractivity contribution is 8.00. The molecule has 0 spiro atoms. The Bertz CT molecular complexity index is 1350. The molecule has 5 N–H and O–H groups in total. The van der Waals surface area contributed by atoms with Crippen LogP contribution in [0.1, 0.15) is 103 Å².